The van der Waals surface area contributed by atoms with E-state index in [-0.39, 0.29) is 0 Å². The third-order valence-electron chi connectivity index (χ3n) is 5.59. The van der Waals surface area contributed by atoms with E-state index in [9.17, 15) is 0 Å². The molecule has 0 bridgehead atoms. The highest BCUT2D eigenvalue weighted by molar-refractivity contribution is 4.98. The van der Waals surface area contributed by atoms with Crippen molar-refractivity contribution in [2.45, 2.75) is 70.9 Å². The molecule has 3 fully saturated rings. The third kappa shape index (κ3) is 3.72. The number of piperidine rings is 1. The van der Waals surface area contributed by atoms with E-state index >= 15 is 0 Å². The molecule has 110 valence electrons. The lowest BCUT2D eigenvalue weighted by molar-refractivity contribution is 0.155. The van der Waals surface area contributed by atoms with Crippen LogP contribution in [-0.4, -0.2) is 36.6 Å². The molecule has 1 heterocycles. The van der Waals surface area contributed by atoms with Crippen molar-refractivity contribution in [3.63, 3.8) is 0 Å². The van der Waals surface area contributed by atoms with Gasteiger partial charge >= 0.3 is 0 Å². The number of nitrogens with one attached hydrogen (secondary N) is 1. The fourth-order valence-corrected chi connectivity index (χ4v) is 4.00. The molecule has 0 spiro atoms. The van der Waals surface area contributed by atoms with Gasteiger partial charge in [-0.3, -0.25) is 0 Å². The second-order valence-electron chi connectivity index (χ2n) is 7.34. The predicted octanol–water partition coefficient (Wildman–Crippen LogP) is 3.28. The Morgan fingerprint density at radius 2 is 1.53 bits per heavy atom. The number of rotatable bonds is 7. The molecule has 1 N–H and O–H groups in total. The summed E-state index contributed by atoms with van der Waals surface area (Å²) in [6.45, 7) is 8.73. The van der Waals surface area contributed by atoms with E-state index in [0.717, 1.165) is 29.8 Å². The molecule has 19 heavy (non-hydrogen) atoms. The van der Waals surface area contributed by atoms with E-state index in [1.165, 1.54) is 64.6 Å². The summed E-state index contributed by atoms with van der Waals surface area (Å²) in [6, 6.07) is 1.62. The summed E-state index contributed by atoms with van der Waals surface area (Å²) in [5.74, 6) is 3.00. The molecule has 1 atom stereocenters. The van der Waals surface area contributed by atoms with E-state index in [2.05, 4.69) is 24.1 Å². The molecular formula is C17H32N2. The van der Waals surface area contributed by atoms with Crippen molar-refractivity contribution >= 4 is 0 Å². The van der Waals surface area contributed by atoms with Crippen LogP contribution in [0, 0.1) is 17.8 Å². The lowest BCUT2D eigenvalue weighted by Gasteiger charge is -2.36. The monoisotopic (exact) mass is 264 g/mol. The fraction of sp³-hybridized carbons (Fsp3) is 1.00. The third-order valence-corrected chi connectivity index (χ3v) is 5.59. The highest BCUT2D eigenvalue weighted by atomic mass is 15.1. The van der Waals surface area contributed by atoms with Gasteiger partial charge in [-0.25, -0.2) is 0 Å². The number of hydrogen-bond donors (Lipinski definition) is 1. The summed E-state index contributed by atoms with van der Waals surface area (Å²) in [5.41, 5.74) is 0. The second kappa shape index (κ2) is 6.13. The number of hydrogen-bond acceptors (Lipinski definition) is 2. The Hall–Kier alpha value is -0.0800. The van der Waals surface area contributed by atoms with Gasteiger partial charge in [0, 0.05) is 12.1 Å². The first-order chi connectivity index (χ1) is 9.28. The molecule has 2 nitrogen and oxygen atoms in total. The largest absolute Gasteiger partial charge is 0.311 e. The van der Waals surface area contributed by atoms with Crippen molar-refractivity contribution in [2.75, 3.05) is 19.6 Å². The number of nitrogens with zero attached hydrogens (tertiary/aromatic N) is 1. The smallest absolute Gasteiger partial charge is 0.0126 e. The summed E-state index contributed by atoms with van der Waals surface area (Å²) in [4.78, 5) is 2.66. The quantitative estimate of drug-likeness (QED) is 0.759. The molecular weight excluding hydrogens is 232 g/mol. The van der Waals surface area contributed by atoms with E-state index < -0.39 is 0 Å². The van der Waals surface area contributed by atoms with Crippen molar-refractivity contribution < 1.29 is 0 Å². The molecule has 3 aliphatic rings. The van der Waals surface area contributed by atoms with Gasteiger partial charge in [0.25, 0.3) is 0 Å². The standard InChI is InChI=1S/C17H32N2/c1-3-10-19-11-8-14(9-12-19)13(2)18-17(15-4-5-15)16-6-7-16/h13-18H,3-12H2,1-2H3. The summed E-state index contributed by atoms with van der Waals surface area (Å²) in [5, 5.41) is 4.04. The van der Waals surface area contributed by atoms with Gasteiger partial charge in [0.05, 0.1) is 0 Å². The highest BCUT2D eigenvalue weighted by Crippen LogP contribution is 2.45. The Kier molecular flexibility index (Phi) is 4.48. The van der Waals surface area contributed by atoms with Crippen LogP contribution in [0.25, 0.3) is 0 Å². The Balaban J connectivity index is 1.43. The molecule has 1 saturated heterocycles. The van der Waals surface area contributed by atoms with Gasteiger partial charge in [0.1, 0.15) is 0 Å². The summed E-state index contributed by atoms with van der Waals surface area (Å²) in [7, 11) is 0. The van der Waals surface area contributed by atoms with Crippen molar-refractivity contribution in [3.05, 3.63) is 0 Å². The SMILES string of the molecule is CCCN1CCC(C(C)NC(C2CC2)C2CC2)CC1. The van der Waals surface area contributed by atoms with E-state index in [1.807, 2.05) is 0 Å². The highest BCUT2D eigenvalue weighted by Gasteiger charge is 2.42. The van der Waals surface area contributed by atoms with Crippen LogP contribution in [0.1, 0.15) is 58.8 Å². The van der Waals surface area contributed by atoms with Crippen LogP contribution >= 0.6 is 0 Å². The Bertz CT molecular complexity index is 263. The van der Waals surface area contributed by atoms with Crippen LogP contribution in [0.15, 0.2) is 0 Å². The van der Waals surface area contributed by atoms with Gasteiger partial charge in [-0.15, -0.1) is 0 Å². The Morgan fingerprint density at radius 1 is 0.947 bits per heavy atom. The molecule has 2 saturated carbocycles. The zero-order valence-electron chi connectivity index (χ0n) is 12.9. The van der Waals surface area contributed by atoms with Crippen LogP contribution in [0.3, 0.4) is 0 Å². The molecule has 2 aliphatic carbocycles. The molecule has 0 aromatic rings. The Labute approximate surface area is 119 Å². The van der Waals surface area contributed by atoms with Gasteiger partial charge in [-0.05, 0) is 89.3 Å². The first-order valence-electron chi connectivity index (χ1n) is 8.76. The molecule has 3 rings (SSSR count). The molecule has 2 heteroatoms. The van der Waals surface area contributed by atoms with Crippen molar-refractivity contribution in [1.29, 1.82) is 0 Å². The molecule has 1 aliphatic heterocycles. The van der Waals surface area contributed by atoms with E-state index in [4.69, 9.17) is 0 Å². The zero-order valence-corrected chi connectivity index (χ0v) is 12.9. The maximum atomic E-state index is 4.04. The van der Waals surface area contributed by atoms with Crippen molar-refractivity contribution in [2.24, 2.45) is 17.8 Å². The minimum absolute atomic E-state index is 0.745. The van der Waals surface area contributed by atoms with E-state index in [1.54, 1.807) is 0 Å². The van der Waals surface area contributed by atoms with Gasteiger partial charge in [0.2, 0.25) is 0 Å². The summed E-state index contributed by atoms with van der Waals surface area (Å²) >= 11 is 0. The minimum atomic E-state index is 0.745. The van der Waals surface area contributed by atoms with Crippen LogP contribution < -0.4 is 5.32 Å². The normalized spacial score (nSPS) is 27.9. The Morgan fingerprint density at radius 3 is 2.00 bits per heavy atom. The summed E-state index contributed by atoms with van der Waals surface area (Å²) < 4.78 is 0. The van der Waals surface area contributed by atoms with Gasteiger partial charge < -0.3 is 10.2 Å². The molecule has 1 unspecified atom stereocenters. The predicted molar refractivity (Wildman–Crippen MR) is 81.3 cm³/mol. The van der Waals surface area contributed by atoms with Crippen molar-refractivity contribution in [3.8, 4) is 0 Å². The molecule has 0 amide bonds. The zero-order chi connectivity index (χ0) is 13.2. The lowest BCUT2D eigenvalue weighted by atomic mass is 9.89. The molecule has 0 aromatic carbocycles. The van der Waals surface area contributed by atoms with Gasteiger partial charge in [-0.2, -0.15) is 0 Å². The fourth-order valence-electron chi connectivity index (χ4n) is 4.00. The van der Waals surface area contributed by atoms with Crippen molar-refractivity contribution in [1.82, 2.24) is 10.2 Å². The topological polar surface area (TPSA) is 15.3 Å². The molecule has 0 radical (unpaired) electrons. The number of likely N-dealkylation sites (tertiary alicyclic amines) is 1. The second-order valence-corrected chi connectivity index (χ2v) is 7.34. The van der Waals surface area contributed by atoms with Gasteiger partial charge in [-0.1, -0.05) is 6.92 Å². The maximum absolute atomic E-state index is 4.04. The minimum Gasteiger partial charge on any atom is -0.311 e. The van der Waals surface area contributed by atoms with E-state index in [0.29, 0.717) is 0 Å². The van der Waals surface area contributed by atoms with Crippen LogP contribution in [-0.2, 0) is 0 Å². The lowest BCUT2D eigenvalue weighted by Crippen LogP contribution is -2.47. The first kappa shape index (κ1) is 13.9. The first-order valence-corrected chi connectivity index (χ1v) is 8.76. The summed E-state index contributed by atoms with van der Waals surface area (Å²) in [6.07, 6.45) is 10.1. The van der Waals surface area contributed by atoms with Crippen LogP contribution in [0.5, 0.6) is 0 Å². The van der Waals surface area contributed by atoms with Crippen LogP contribution in [0.2, 0.25) is 0 Å². The average Bonchev–Trinajstić information content (AvgIpc) is 3.30. The van der Waals surface area contributed by atoms with Gasteiger partial charge in [0.15, 0.2) is 0 Å². The van der Waals surface area contributed by atoms with Crippen LogP contribution in [0.4, 0.5) is 0 Å². The molecule has 0 aromatic heterocycles. The average molecular weight is 264 g/mol. The maximum Gasteiger partial charge on any atom is 0.0126 e.